The normalized spacial score (nSPS) is 20.9. The molecule has 0 bridgehead atoms. The van der Waals surface area contributed by atoms with Crippen LogP contribution in [-0.2, 0) is 9.53 Å². The van der Waals surface area contributed by atoms with E-state index in [-0.39, 0.29) is 41.7 Å². The number of benzene rings is 1. The standard InChI is InChI=1S/C21H24N6O7/c1-10-4-5-13(14(6-10)27(31)32)11(2)33-20-18-19(24-21(25-20)23-12(3)29)26(9-22-18)17-7-15(30)16(8-28)34-17/h4-6,9,11,15-17,28,30H,7-8H2,1-3H3,(H,23,24,25,29)/t11?,15?,16-,17-/m1/s1. The van der Waals surface area contributed by atoms with E-state index in [9.17, 15) is 25.1 Å². The van der Waals surface area contributed by atoms with Gasteiger partial charge in [0.05, 0.1) is 29.5 Å². The lowest BCUT2D eigenvalue weighted by atomic mass is 10.1. The molecule has 1 fully saturated rings. The second-order valence-corrected chi connectivity index (χ2v) is 8.05. The first-order valence-electron chi connectivity index (χ1n) is 10.6. The second-order valence-electron chi connectivity index (χ2n) is 8.05. The number of hydrogen-bond donors (Lipinski definition) is 3. The van der Waals surface area contributed by atoms with Gasteiger partial charge in [-0.1, -0.05) is 6.07 Å². The van der Waals surface area contributed by atoms with Crippen LogP contribution in [0.4, 0.5) is 11.6 Å². The van der Waals surface area contributed by atoms with Crippen LogP contribution in [0.15, 0.2) is 24.5 Å². The van der Waals surface area contributed by atoms with Crippen LogP contribution in [0, 0.1) is 17.0 Å². The van der Waals surface area contributed by atoms with Crippen LogP contribution >= 0.6 is 0 Å². The predicted octanol–water partition coefficient (Wildman–Crippen LogP) is 1.78. The molecule has 13 heteroatoms. The minimum absolute atomic E-state index is 0.00660. The van der Waals surface area contributed by atoms with Gasteiger partial charge in [-0.2, -0.15) is 9.97 Å². The van der Waals surface area contributed by atoms with E-state index in [0.29, 0.717) is 5.56 Å². The van der Waals surface area contributed by atoms with Gasteiger partial charge in [0, 0.05) is 19.4 Å². The molecule has 180 valence electrons. The predicted molar refractivity (Wildman–Crippen MR) is 118 cm³/mol. The molecular weight excluding hydrogens is 448 g/mol. The molecule has 1 aliphatic rings. The van der Waals surface area contributed by atoms with E-state index in [0.717, 1.165) is 5.56 Å². The Kier molecular flexibility index (Phi) is 6.41. The number of aromatic nitrogens is 4. The molecule has 4 rings (SSSR count). The Bertz CT molecular complexity index is 1250. The van der Waals surface area contributed by atoms with Gasteiger partial charge >= 0.3 is 0 Å². The number of nitrogens with one attached hydrogen (secondary N) is 1. The number of amides is 1. The van der Waals surface area contributed by atoms with Crippen LogP contribution < -0.4 is 10.1 Å². The number of nitro benzene ring substituents is 1. The number of nitro groups is 1. The number of ether oxygens (including phenoxy) is 2. The third-order valence-corrected chi connectivity index (χ3v) is 5.48. The molecule has 0 saturated carbocycles. The largest absolute Gasteiger partial charge is 0.468 e. The minimum atomic E-state index is -0.873. The van der Waals surface area contributed by atoms with Crippen LogP contribution in [0.2, 0.25) is 0 Å². The summed E-state index contributed by atoms with van der Waals surface area (Å²) in [6.07, 6.45) is -1.45. The molecule has 1 saturated heterocycles. The summed E-state index contributed by atoms with van der Waals surface area (Å²) >= 11 is 0. The smallest absolute Gasteiger partial charge is 0.276 e. The first-order chi connectivity index (χ1) is 16.2. The van der Waals surface area contributed by atoms with E-state index in [1.807, 2.05) is 0 Å². The molecule has 2 aromatic heterocycles. The highest BCUT2D eigenvalue weighted by Crippen LogP contribution is 2.35. The average molecular weight is 472 g/mol. The summed E-state index contributed by atoms with van der Waals surface area (Å²) < 4.78 is 13.2. The molecule has 1 amide bonds. The highest BCUT2D eigenvalue weighted by molar-refractivity contribution is 5.88. The number of aliphatic hydroxyl groups is 2. The second kappa shape index (κ2) is 9.29. The van der Waals surface area contributed by atoms with Crippen LogP contribution in [-0.4, -0.2) is 59.4 Å². The molecule has 4 atom stereocenters. The molecule has 0 aliphatic carbocycles. The highest BCUT2D eigenvalue weighted by Gasteiger charge is 2.36. The summed E-state index contributed by atoms with van der Waals surface area (Å²) in [5.41, 5.74) is 1.49. The van der Waals surface area contributed by atoms with Crippen molar-refractivity contribution in [2.75, 3.05) is 11.9 Å². The number of carbonyl (C=O) groups is 1. The summed E-state index contributed by atoms with van der Waals surface area (Å²) in [5, 5.41) is 33.6. The van der Waals surface area contributed by atoms with Crippen molar-refractivity contribution in [3.8, 4) is 5.88 Å². The van der Waals surface area contributed by atoms with Gasteiger partial charge in [-0.15, -0.1) is 0 Å². The van der Waals surface area contributed by atoms with Crippen LogP contribution in [0.25, 0.3) is 11.2 Å². The SMILES string of the molecule is CC(=O)Nc1nc(OC(C)c2ccc(C)cc2[N+](=O)[O-])c2ncn([C@H]3CC(O)[C@@H](CO)O3)c2n1. The van der Waals surface area contributed by atoms with E-state index < -0.39 is 35.4 Å². The van der Waals surface area contributed by atoms with Crippen LogP contribution in [0.3, 0.4) is 0 Å². The topological polar surface area (TPSA) is 175 Å². The lowest BCUT2D eigenvalue weighted by Crippen LogP contribution is -2.24. The number of imidazole rings is 1. The Morgan fingerprint density at radius 1 is 1.44 bits per heavy atom. The lowest BCUT2D eigenvalue weighted by Gasteiger charge is -2.17. The fourth-order valence-electron chi connectivity index (χ4n) is 3.83. The molecule has 13 nitrogen and oxygen atoms in total. The van der Waals surface area contributed by atoms with Crippen LogP contribution in [0.5, 0.6) is 5.88 Å². The summed E-state index contributed by atoms with van der Waals surface area (Å²) in [4.78, 5) is 35.6. The zero-order valence-electron chi connectivity index (χ0n) is 18.7. The van der Waals surface area contributed by atoms with Crippen molar-refractivity contribution >= 4 is 28.7 Å². The Hall–Kier alpha value is -3.68. The number of aliphatic hydroxyl groups excluding tert-OH is 2. The maximum atomic E-state index is 11.6. The fourth-order valence-corrected chi connectivity index (χ4v) is 3.83. The van der Waals surface area contributed by atoms with Crippen molar-refractivity contribution in [3.63, 3.8) is 0 Å². The Morgan fingerprint density at radius 3 is 2.85 bits per heavy atom. The third-order valence-electron chi connectivity index (χ3n) is 5.48. The molecule has 1 aromatic carbocycles. The van der Waals surface area contributed by atoms with Gasteiger partial charge in [0.15, 0.2) is 11.2 Å². The Balaban J connectivity index is 1.75. The van der Waals surface area contributed by atoms with Gasteiger partial charge in [-0.25, -0.2) is 4.98 Å². The van der Waals surface area contributed by atoms with Gasteiger partial charge < -0.3 is 19.7 Å². The molecule has 0 radical (unpaired) electrons. The Morgan fingerprint density at radius 2 is 2.21 bits per heavy atom. The van der Waals surface area contributed by atoms with Crippen molar-refractivity contribution in [1.29, 1.82) is 0 Å². The van der Waals surface area contributed by atoms with Crippen molar-refractivity contribution in [1.82, 2.24) is 19.5 Å². The number of rotatable bonds is 7. The monoisotopic (exact) mass is 472 g/mol. The van der Waals surface area contributed by atoms with E-state index in [1.165, 1.54) is 19.3 Å². The molecule has 1 aliphatic heterocycles. The van der Waals surface area contributed by atoms with Gasteiger partial charge in [0.25, 0.3) is 5.69 Å². The average Bonchev–Trinajstić information content (AvgIpc) is 3.36. The number of nitrogens with zero attached hydrogens (tertiary/aromatic N) is 5. The molecule has 3 N–H and O–H groups in total. The number of hydrogen-bond acceptors (Lipinski definition) is 10. The molecule has 34 heavy (non-hydrogen) atoms. The number of anilines is 1. The van der Waals surface area contributed by atoms with Gasteiger partial charge in [-0.3, -0.25) is 24.8 Å². The molecular formula is C21H24N6O7. The molecule has 2 unspecified atom stereocenters. The summed E-state index contributed by atoms with van der Waals surface area (Å²) in [7, 11) is 0. The lowest BCUT2D eigenvalue weighted by molar-refractivity contribution is -0.386. The quantitative estimate of drug-likeness (QED) is 0.339. The van der Waals surface area contributed by atoms with Gasteiger partial charge in [0.2, 0.25) is 17.7 Å². The number of carbonyl (C=O) groups excluding carboxylic acids is 1. The molecule has 3 aromatic rings. The number of fused-ring (bicyclic) bond motifs is 1. The van der Waals surface area contributed by atoms with E-state index >= 15 is 0 Å². The molecule has 0 spiro atoms. The maximum Gasteiger partial charge on any atom is 0.276 e. The van der Waals surface area contributed by atoms with E-state index in [4.69, 9.17) is 9.47 Å². The summed E-state index contributed by atoms with van der Waals surface area (Å²) in [5.74, 6) is -0.460. The van der Waals surface area contributed by atoms with Crippen molar-refractivity contribution in [3.05, 3.63) is 45.8 Å². The summed E-state index contributed by atoms with van der Waals surface area (Å²) in [6.45, 7) is 4.35. The highest BCUT2D eigenvalue weighted by atomic mass is 16.6. The first-order valence-corrected chi connectivity index (χ1v) is 10.6. The van der Waals surface area contributed by atoms with Gasteiger partial charge in [0.1, 0.15) is 18.4 Å². The zero-order chi connectivity index (χ0) is 24.6. The number of aryl methyl sites for hydroxylation is 1. The molecule has 3 heterocycles. The zero-order valence-corrected chi connectivity index (χ0v) is 18.7. The first kappa shape index (κ1) is 23.5. The van der Waals surface area contributed by atoms with Crippen molar-refractivity contribution < 1.29 is 29.4 Å². The minimum Gasteiger partial charge on any atom is -0.468 e. The third kappa shape index (κ3) is 4.53. The van der Waals surface area contributed by atoms with Crippen LogP contribution in [0.1, 0.15) is 43.7 Å². The van der Waals surface area contributed by atoms with E-state index in [2.05, 4.69) is 20.3 Å². The van der Waals surface area contributed by atoms with E-state index in [1.54, 1.807) is 30.5 Å². The van der Waals surface area contributed by atoms with Gasteiger partial charge in [-0.05, 0) is 25.5 Å². The summed E-state index contributed by atoms with van der Waals surface area (Å²) in [6, 6.07) is 4.82. The van der Waals surface area contributed by atoms with Crippen molar-refractivity contribution in [2.24, 2.45) is 0 Å². The maximum absolute atomic E-state index is 11.6. The Labute approximate surface area is 193 Å². The fraction of sp³-hybridized carbons (Fsp3) is 0.429. The van der Waals surface area contributed by atoms with Crippen molar-refractivity contribution in [2.45, 2.75) is 51.7 Å².